The van der Waals surface area contributed by atoms with Gasteiger partial charge in [-0.05, 0) is 30.9 Å². The Balaban J connectivity index is 1.56. The molecule has 27 heavy (non-hydrogen) atoms. The number of hydrogen-bond donors (Lipinski definition) is 2. The van der Waals surface area contributed by atoms with Crippen molar-refractivity contribution in [3.63, 3.8) is 0 Å². The van der Waals surface area contributed by atoms with Gasteiger partial charge < -0.3 is 10.0 Å². The number of carbonyl (C=O) groups excluding carboxylic acids is 1. The number of nitrogens with one attached hydrogen (secondary N) is 1. The van der Waals surface area contributed by atoms with Gasteiger partial charge in [0.2, 0.25) is 0 Å². The van der Waals surface area contributed by atoms with Gasteiger partial charge in [-0.1, -0.05) is 39.0 Å². The Kier molecular flexibility index (Phi) is 4.14. The van der Waals surface area contributed by atoms with Crippen molar-refractivity contribution in [3.8, 4) is 0 Å². The molecule has 0 spiro atoms. The Bertz CT molecular complexity index is 872. The summed E-state index contributed by atoms with van der Waals surface area (Å²) in [5, 5.41) is 18.4. The van der Waals surface area contributed by atoms with Gasteiger partial charge in [0.15, 0.2) is 0 Å². The molecule has 144 valence electrons. The summed E-state index contributed by atoms with van der Waals surface area (Å²) in [6, 6.07) is 8.23. The number of aliphatic hydroxyl groups is 1. The van der Waals surface area contributed by atoms with E-state index in [0.29, 0.717) is 30.8 Å². The van der Waals surface area contributed by atoms with E-state index >= 15 is 0 Å². The van der Waals surface area contributed by atoms with Crippen LogP contribution in [0.2, 0.25) is 0 Å². The molecule has 0 bridgehead atoms. The van der Waals surface area contributed by atoms with Gasteiger partial charge in [-0.2, -0.15) is 5.10 Å². The quantitative estimate of drug-likeness (QED) is 0.852. The molecule has 5 nitrogen and oxygen atoms in total. The molecule has 1 aliphatic heterocycles. The van der Waals surface area contributed by atoms with Gasteiger partial charge in [0.25, 0.3) is 5.91 Å². The van der Waals surface area contributed by atoms with Crippen LogP contribution in [0.15, 0.2) is 30.3 Å². The molecule has 1 aliphatic carbocycles. The molecule has 2 heterocycles. The molecule has 3 atom stereocenters. The lowest BCUT2D eigenvalue weighted by Crippen LogP contribution is -2.37. The van der Waals surface area contributed by atoms with E-state index in [1.54, 1.807) is 29.2 Å². The molecule has 1 aromatic heterocycles. The van der Waals surface area contributed by atoms with Crippen LogP contribution in [0.3, 0.4) is 0 Å². The van der Waals surface area contributed by atoms with Crippen LogP contribution in [0.1, 0.15) is 55.4 Å². The van der Waals surface area contributed by atoms with Crippen molar-refractivity contribution in [1.82, 2.24) is 15.1 Å². The normalized spacial score (nSPS) is 27.8. The number of likely N-dealkylation sites (tertiary alicyclic amines) is 1. The number of amides is 1. The Morgan fingerprint density at radius 1 is 1.33 bits per heavy atom. The zero-order valence-electron chi connectivity index (χ0n) is 16.0. The molecule has 1 aromatic carbocycles. The Morgan fingerprint density at radius 3 is 2.74 bits per heavy atom. The predicted octanol–water partition coefficient (Wildman–Crippen LogP) is 3.22. The highest BCUT2D eigenvalue weighted by Gasteiger charge is 2.54. The second kappa shape index (κ2) is 6.16. The number of aromatic amines is 1. The zero-order chi connectivity index (χ0) is 19.4. The van der Waals surface area contributed by atoms with Crippen LogP contribution in [0.5, 0.6) is 0 Å². The van der Waals surface area contributed by atoms with Gasteiger partial charge >= 0.3 is 0 Å². The van der Waals surface area contributed by atoms with E-state index in [-0.39, 0.29) is 29.0 Å². The van der Waals surface area contributed by atoms with Gasteiger partial charge in [-0.15, -0.1) is 0 Å². The third-order valence-electron chi connectivity index (χ3n) is 6.18. The molecular formula is C21H26FN3O2. The first-order chi connectivity index (χ1) is 12.7. The van der Waals surface area contributed by atoms with Crippen LogP contribution in [-0.2, 0) is 11.0 Å². The molecule has 2 fully saturated rings. The third-order valence-corrected chi connectivity index (χ3v) is 6.18. The lowest BCUT2D eigenvalue weighted by atomic mass is 9.82. The first-order valence-electron chi connectivity index (χ1n) is 9.52. The van der Waals surface area contributed by atoms with E-state index in [4.69, 9.17) is 0 Å². The maximum absolute atomic E-state index is 14.3. The molecule has 2 aliphatic rings. The summed E-state index contributed by atoms with van der Waals surface area (Å²) >= 11 is 0. The van der Waals surface area contributed by atoms with E-state index < -0.39 is 5.60 Å². The monoisotopic (exact) mass is 371 g/mol. The largest absolute Gasteiger partial charge is 0.385 e. The molecule has 0 unspecified atom stereocenters. The molecule has 4 rings (SSSR count). The average molecular weight is 371 g/mol. The van der Waals surface area contributed by atoms with Gasteiger partial charge in [0.1, 0.15) is 11.5 Å². The average Bonchev–Trinajstić information content (AvgIpc) is 3.31. The number of carbonyl (C=O) groups is 1. The summed E-state index contributed by atoms with van der Waals surface area (Å²) < 4.78 is 14.3. The molecule has 1 saturated heterocycles. The zero-order valence-corrected chi connectivity index (χ0v) is 16.0. The van der Waals surface area contributed by atoms with Crippen LogP contribution in [0.25, 0.3) is 0 Å². The van der Waals surface area contributed by atoms with Crippen LogP contribution in [0.4, 0.5) is 4.39 Å². The lowest BCUT2D eigenvalue weighted by molar-refractivity contribution is -0.00895. The Morgan fingerprint density at radius 2 is 2.07 bits per heavy atom. The number of aromatic nitrogens is 2. The second-order valence-corrected chi connectivity index (χ2v) is 8.94. The maximum Gasteiger partial charge on any atom is 0.274 e. The fraction of sp³-hybridized carbons (Fsp3) is 0.524. The highest BCUT2D eigenvalue weighted by Crippen LogP contribution is 2.51. The van der Waals surface area contributed by atoms with Crippen LogP contribution < -0.4 is 0 Å². The minimum atomic E-state index is -1.22. The minimum Gasteiger partial charge on any atom is -0.385 e. The van der Waals surface area contributed by atoms with Gasteiger partial charge in [0, 0.05) is 35.7 Å². The van der Waals surface area contributed by atoms with E-state index in [9.17, 15) is 14.3 Å². The first-order valence-corrected chi connectivity index (χ1v) is 9.52. The molecule has 2 aromatic rings. The van der Waals surface area contributed by atoms with Crippen LogP contribution in [0, 0.1) is 17.7 Å². The van der Waals surface area contributed by atoms with Gasteiger partial charge in [-0.25, -0.2) is 4.39 Å². The van der Waals surface area contributed by atoms with Crippen molar-refractivity contribution in [2.45, 2.75) is 44.6 Å². The molecule has 1 amide bonds. The summed E-state index contributed by atoms with van der Waals surface area (Å²) in [4.78, 5) is 14.7. The number of halogens is 1. The summed E-state index contributed by atoms with van der Waals surface area (Å²) in [6.45, 7) is 7.18. The van der Waals surface area contributed by atoms with Crippen molar-refractivity contribution < 1.29 is 14.3 Å². The lowest BCUT2D eigenvalue weighted by Gasteiger charge is -2.31. The summed E-state index contributed by atoms with van der Waals surface area (Å²) in [5.41, 5.74) is 0.328. The Labute approximate surface area is 158 Å². The topological polar surface area (TPSA) is 69.2 Å². The maximum atomic E-state index is 14.3. The predicted molar refractivity (Wildman–Crippen MR) is 99.7 cm³/mol. The summed E-state index contributed by atoms with van der Waals surface area (Å²) in [5.74, 6) is -0.487. The molecule has 6 heteroatoms. The number of hydrogen-bond acceptors (Lipinski definition) is 3. The molecular weight excluding hydrogens is 345 g/mol. The van der Waals surface area contributed by atoms with Crippen LogP contribution in [-0.4, -0.2) is 39.2 Å². The standard InChI is InChI=1S/C21H26FN3O2/c1-20(2,3)18-10-17(23-24-18)19(26)25-11-13-8-9-21(27,15(13)12-25)14-6-4-5-7-16(14)22/h4-7,10,13,15,27H,8-9,11-12H2,1-3H3,(H,23,24)/t13-,15+,21+/m1/s1. The van der Waals surface area contributed by atoms with E-state index in [0.717, 1.165) is 12.1 Å². The van der Waals surface area contributed by atoms with Crippen LogP contribution >= 0.6 is 0 Å². The van der Waals surface area contributed by atoms with Gasteiger partial charge in [0.05, 0.1) is 5.60 Å². The number of nitrogens with zero attached hydrogens (tertiary/aromatic N) is 2. The van der Waals surface area contributed by atoms with E-state index in [1.807, 2.05) is 0 Å². The number of H-pyrrole nitrogens is 1. The van der Waals surface area contributed by atoms with Crippen molar-refractivity contribution in [2.24, 2.45) is 11.8 Å². The van der Waals surface area contributed by atoms with E-state index in [2.05, 4.69) is 31.0 Å². The van der Waals surface area contributed by atoms with E-state index in [1.165, 1.54) is 6.07 Å². The molecule has 1 saturated carbocycles. The third kappa shape index (κ3) is 2.96. The number of rotatable bonds is 2. The van der Waals surface area contributed by atoms with Gasteiger partial charge in [-0.3, -0.25) is 9.89 Å². The highest BCUT2D eigenvalue weighted by molar-refractivity contribution is 5.92. The van der Waals surface area contributed by atoms with Crippen molar-refractivity contribution in [2.75, 3.05) is 13.1 Å². The fourth-order valence-electron chi connectivity index (χ4n) is 4.59. The smallest absolute Gasteiger partial charge is 0.274 e. The Hall–Kier alpha value is -2.21. The molecule has 0 radical (unpaired) electrons. The number of fused-ring (bicyclic) bond motifs is 1. The second-order valence-electron chi connectivity index (χ2n) is 8.94. The fourth-order valence-corrected chi connectivity index (χ4v) is 4.59. The minimum absolute atomic E-state index is 0.113. The highest BCUT2D eigenvalue weighted by atomic mass is 19.1. The number of benzene rings is 1. The first kappa shape index (κ1) is 18.2. The van der Waals surface area contributed by atoms with Crippen molar-refractivity contribution >= 4 is 5.91 Å². The summed E-state index contributed by atoms with van der Waals surface area (Å²) in [7, 11) is 0. The van der Waals surface area contributed by atoms with Crippen molar-refractivity contribution in [3.05, 3.63) is 53.1 Å². The SMILES string of the molecule is CC(C)(C)c1cc(C(=O)N2C[C@H]3CC[C@](O)(c4ccccc4F)[C@H]3C2)n[nH]1. The molecule has 2 N–H and O–H groups in total. The summed E-state index contributed by atoms with van der Waals surface area (Å²) in [6.07, 6.45) is 1.31. The van der Waals surface area contributed by atoms with Crippen molar-refractivity contribution in [1.29, 1.82) is 0 Å².